The lowest BCUT2D eigenvalue weighted by molar-refractivity contribution is 0.475. The molecule has 1 aliphatic heterocycles. The van der Waals surface area contributed by atoms with Crippen LogP contribution in [0.15, 0.2) is 42.7 Å². The molecular formula is C22H21FN6O. The minimum atomic E-state index is -0.411. The molecule has 0 spiro atoms. The maximum absolute atomic E-state index is 14.4. The van der Waals surface area contributed by atoms with Crippen molar-refractivity contribution in [3.8, 4) is 28.3 Å². The van der Waals surface area contributed by atoms with E-state index in [4.69, 9.17) is 0 Å². The number of aryl methyl sites for hydroxylation is 1. The first kappa shape index (κ1) is 18.5. The van der Waals surface area contributed by atoms with Crippen molar-refractivity contribution in [3.05, 3.63) is 48.5 Å². The largest absolute Gasteiger partial charge is 0.506 e. The molecule has 1 aliphatic rings. The van der Waals surface area contributed by atoms with E-state index in [1.807, 2.05) is 18.2 Å². The standard InChI is InChI=1S/C22H21FN6O/c1-28-13-16-9-14(10-17(23)21(16)27-28)15-11-19(30)22(24-12-15)18-5-6-20(26-25-18)29-7-3-2-4-8-29/h5-6,9-13,30H,2-4,7-8H2,1H3. The average molecular weight is 404 g/mol. The monoisotopic (exact) mass is 404 g/mol. The zero-order valence-electron chi connectivity index (χ0n) is 16.6. The van der Waals surface area contributed by atoms with Gasteiger partial charge in [-0.15, -0.1) is 10.2 Å². The van der Waals surface area contributed by atoms with Crippen LogP contribution in [0.4, 0.5) is 10.2 Å². The van der Waals surface area contributed by atoms with E-state index in [2.05, 4.69) is 25.2 Å². The molecule has 0 aliphatic carbocycles. The van der Waals surface area contributed by atoms with Gasteiger partial charge < -0.3 is 10.0 Å². The number of rotatable bonds is 3. The molecule has 3 aromatic heterocycles. The number of pyridine rings is 1. The minimum absolute atomic E-state index is 0.0285. The van der Waals surface area contributed by atoms with Crippen molar-refractivity contribution < 1.29 is 9.50 Å². The van der Waals surface area contributed by atoms with E-state index < -0.39 is 5.82 Å². The van der Waals surface area contributed by atoms with Crippen molar-refractivity contribution >= 4 is 16.7 Å². The van der Waals surface area contributed by atoms with Crippen LogP contribution in [-0.2, 0) is 7.05 Å². The first-order valence-corrected chi connectivity index (χ1v) is 10.00. The second kappa shape index (κ2) is 7.37. The molecule has 0 atom stereocenters. The third-order valence-corrected chi connectivity index (χ3v) is 5.45. The van der Waals surface area contributed by atoms with Gasteiger partial charge in [0, 0.05) is 43.5 Å². The average Bonchev–Trinajstić information content (AvgIpc) is 3.15. The molecule has 4 heterocycles. The Balaban J connectivity index is 1.45. The fourth-order valence-corrected chi connectivity index (χ4v) is 3.93. The molecule has 0 amide bonds. The maximum Gasteiger partial charge on any atom is 0.151 e. The summed E-state index contributed by atoms with van der Waals surface area (Å²) in [5.41, 5.74) is 2.39. The van der Waals surface area contributed by atoms with Crippen molar-refractivity contribution in [2.24, 2.45) is 7.05 Å². The summed E-state index contributed by atoms with van der Waals surface area (Å²) < 4.78 is 16.0. The Morgan fingerprint density at radius 1 is 1.00 bits per heavy atom. The molecule has 30 heavy (non-hydrogen) atoms. The number of hydrogen-bond donors (Lipinski definition) is 1. The molecule has 4 aromatic rings. The Labute approximate surface area is 172 Å². The van der Waals surface area contributed by atoms with Crippen LogP contribution >= 0.6 is 0 Å². The van der Waals surface area contributed by atoms with E-state index in [9.17, 15) is 9.50 Å². The molecule has 0 saturated carbocycles. The van der Waals surface area contributed by atoms with Crippen LogP contribution in [0.3, 0.4) is 0 Å². The van der Waals surface area contributed by atoms with Crippen molar-refractivity contribution in [2.75, 3.05) is 18.0 Å². The number of fused-ring (bicyclic) bond motifs is 1. The molecule has 152 valence electrons. The highest BCUT2D eigenvalue weighted by Gasteiger charge is 2.16. The zero-order chi connectivity index (χ0) is 20.7. The van der Waals surface area contributed by atoms with Gasteiger partial charge in [-0.05, 0) is 55.2 Å². The van der Waals surface area contributed by atoms with Crippen LogP contribution in [0.25, 0.3) is 33.4 Å². The van der Waals surface area contributed by atoms with Crippen molar-refractivity contribution in [3.63, 3.8) is 0 Å². The maximum atomic E-state index is 14.4. The van der Waals surface area contributed by atoms with Gasteiger partial charge in [0.15, 0.2) is 11.6 Å². The first-order valence-electron chi connectivity index (χ1n) is 10.00. The fraction of sp³-hybridized carbons (Fsp3) is 0.273. The number of nitrogens with zero attached hydrogens (tertiary/aromatic N) is 6. The number of piperidine rings is 1. The number of anilines is 1. The van der Waals surface area contributed by atoms with E-state index in [-0.39, 0.29) is 5.75 Å². The Morgan fingerprint density at radius 3 is 2.57 bits per heavy atom. The van der Waals surface area contributed by atoms with Crippen molar-refractivity contribution in [2.45, 2.75) is 19.3 Å². The Morgan fingerprint density at radius 2 is 1.83 bits per heavy atom. The molecule has 7 nitrogen and oxygen atoms in total. The SMILES string of the molecule is Cn1cc2cc(-c3cnc(-c4ccc(N5CCCCC5)nn4)c(O)c3)cc(F)c2n1. The molecular weight excluding hydrogens is 383 g/mol. The predicted octanol–water partition coefficient (Wildman–Crippen LogP) is 3.93. The molecule has 0 radical (unpaired) electrons. The third-order valence-electron chi connectivity index (χ3n) is 5.45. The summed E-state index contributed by atoms with van der Waals surface area (Å²) in [4.78, 5) is 6.59. The number of benzene rings is 1. The Kier molecular flexibility index (Phi) is 4.54. The number of aromatic nitrogens is 5. The van der Waals surface area contributed by atoms with Gasteiger partial charge in [-0.3, -0.25) is 4.68 Å². The van der Waals surface area contributed by atoms with E-state index in [1.165, 1.54) is 25.3 Å². The van der Waals surface area contributed by atoms with Gasteiger partial charge in [0.25, 0.3) is 0 Å². The molecule has 5 rings (SSSR count). The van der Waals surface area contributed by atoms with Crippen LogP contribution in [0.2, 0.25) is 0 Å². The van der Waals surface area contributed by atoms with Gasteiger partial charge in [-0.2, -0.15) is 5.10 Å². The summed E-state index contributed by atoms with van der Waals surface area (Å²) >= 11 is 0. The van der Waals surface area contributed by atoms with Crippen LogP contribution < -0.4 is 4.90 Å². The van der Waals surface area contributed by atoms with Crippen LogP contribution in [0.5, 0.6) is 5.75 Å². The molecule has 1 saturated heterocycles. The lowest BCUT2D eigenvalue weighted by Gasteiger charge is -2.27. The van der Waals surface area contributed by atoms with Gasteiger partial charge in [-0.25, -0.2) is 9.37 Å². The molecule has 1 fully saturated rings. The Bertz CT molecular complexity index is 1210. The van der Waals surface area contributed by atoms with Gasteiger partial charge in [-0.1, -0.05) is 0 Å². The lowest BCUT2D eigenvalue weighted by Crippen LogP contribution is -2.30. The third kappa shape index (κ3) is 3.34. The summed E-state index contributed by atoms with van der Waals surface area (Å²) in [6.45, 7) is 1.98. The van der Waals surface area contributed by atoms with Gasteiger partial charge in [0.05, 0.1) is 0 Å². The summed E-state index contributed by atoms with van der Waals surface area (Å²) in [6.07, 6.45) is 6.94. The summed E-state index contributed by atoms with van der Waals surface area (Å²) in [5.74, 6) is 0.403. The molecule has 0 bridgehead atoms. The molecule has 0 unspecified atom stereocenters. The Hall–Kier alpha value is -3.55. The zero-order valence-corrected chi connectivity index (χ0v) is 16.6. The lowest BCUT2D eigenvalue weighted by atomic mass is 10.0. The number of halogens is 1. The normalized spacial score (nSPS) is 14.4. The quantitative estimate of drug-likeness (QED) is 0.557. The predicted molar refractivity (Wildman–Crippen MR) is 113 cm³/mol. The van der Waals surface area contributed by atoms with Crippen LogP contribution in [0.1, 0.15) is 19.3 Å². The van der Waals surface area contributed by atoms with Gasteiger partial charge in [0.2, 0.25) is 0 Å². The molecule has 1 N–H and O–H groups in total. The van der Waals surface area contributed by atoms with Crippen LogP contribution in [-0.4, -0.2) is 43.2 Å². The fourth-order valence-electron chi connectivity index (χ4n) is 3.93. The minimum Gasteiger partial charge on any atom is -0.506 e. The second-order valence-electron chi connectivity index (χ2n) is 7.61. The van der Waals surface area contributed by atoms with E-state index in [0.717, 1.165) is 18.9 Å². The van der Waals surface area contributed by atoms with Crippen molar-refractivity contribution in [1.29, 1.82) is 0 Å². The smallest absolute Gasteiger partial charge is 0.151 e. The van der Waals surface area contributed by atoms with Gasteiger partial charge >= 0.3 is 0 Å². The highest BCUT2D eigenvalue weighted by atomic mass is 19.1. The van der Waals surface area contributed by atoms with E-state index in [0.29, 0.717) is 33.4 Å². The second-order valence-corrected chi connectivity index (χ2v) is 7.61. The van der Waals surface area contributed by atoms with Crippen molar-refractivity contribution in [1.82, 2.24) is 25.0 Å². The first-order chi connectivity index (χ1) is 14.6. The highest BCUT2D eigenvalue weighted by Crippen LogP contribution is 2.32. The molecule has 8 heteroatoms. The van der Waals surface area contributed by atoms with E-state index in [1.54, 1.807) is 30.2 Å². The molecule has 1 aromatic carbocycles. The summed E-state index contributed by atoms with van der Waals surface area (Å²) in [6, 6.07) is 8.53. The van der Waals surface area contributed by atoms with Gasteiger partial charge in [0.1, 0.15) is 22.7 Å². The van der Waals surface area contributed by atoms with E-state index >= 15 is 0 Å². The summed E-state index contributed by atoms with van der Waals surface area (Å²) in [5, 5.41) is 23.9. The summed E-state index contributed by atoms with van der Waals surface area (Å²) in [7, 11) is 1.75. The number of aromatic hydroxyl groups is 1. The van der Waals surface area contributed by atoms with Crippen LogP contribution in [0, 0.1) is 5.82 Å². The number of hydrogen-bond acceptors (Lipinski definition) is 6. The highest BCUT2D eigenvalue weighted by molar-refractivity contribution is 5.85. The topological polar surface area (TPSA) is 80.0 Å².